The number of halogens is 10. The smallest absolute Gasteiger partial charge is 0.229 e. The van der Waals surface area contributed by atoms with E-state index < -0.39 is 34.7 Å². The van der Waals surface area contributed by atoms with Gasteiger partial charge in [0.2, 0.25) is 12.9 Å². The molecule has 0 spiro atoms. The Hall–Kier alpha value is -7.72. The molecule has 10 aromatic heterocycles. The largest absolute Gasteiger partial charge is 0.361 e. The minimum atomic E-state index is -3.93. The van der Waals surface area contributed by atoms with Gasteiger partial charge >= 0.3 is 77.2 Å². The summed E-state index contributed by atoms with van der Waals surface area (Å²) in [6, 6.07) is 2.06. The molecule has 19 nitrogen and oxygen atoms in total. The summed E-state index contributed by atoms with van der Waals surface area (Å²) in [4.78, 5) is 20.8. The number of rotatable bonds is 2. The van der Waals surface area contributed by atoms with Crippen molar-refractivity contribution in [3.05, 3.63) is 183 Å². The number of nitrogens with zero attached hydrogens (tertiary/aromatic N) is 18. The van der Waals surface area contributed by atoms with Crippen LogP contribution in [0, 0.1) is 175 Å². The first-order valence-electron chi connectivity index (χ1n) is 29.1. The standard InChI is InChI=1S/C7H5F2IN2.C7H11FN2.2C7H12N2.C6H9ClN2.C6H9FN2.C6H10N2.C6H8N2.C6H9NO.C6H9NS.CH2F2.2CH4.2FH/c1-6-4-11-5-12-7(6)2-3-10(8)9;1-5-6(2)9-10(4-8)7(5)3;1-5-6(2)8-9(4)7(5)3;1-4-9-7(3)6(2)5-8-9;1-4-6(7)5(2)9(3)8-4;1-4-5(2)9(3)8-6(4)7;1-5-4-6(2)8(3)7-5;1-5-3-7-4-8-6(5)2;1-4-5(2)7-8-6(4)3;1-4-5(2)8-6(3)7-4;2-1-3;;;;/h4-5H,1H3;4H2,1-3H3;1-4H3;5H,4H2,1-3H3;2*1-3H3;4H,1-3H3;3-4H,1-2H3;2*1-3H3;1H2;2*1H4;2*1H. The van der Waals surface area contributed by atoms with Crippen LogP contribution in [-0.2, 0) is 41.5 Å². The fraction of sp³-hybridized carbons (Fsp3) is 0.493. The molecule has 0 aliphatic rings. The Morgan fingerprint density at radius 3 is 1.23 bits per heavy atom. The van der Waals surface area contributed by atoms with Crippen LogP contribution in [0.1, 0.15) is 156 Å². The molecule has 10 heterocycles. The molecule has 0 saturated carbocycles. The van der Waals surface area contributed by atoms with Gasteiger partial charge in [0.25, 0.3) is 0 Å². The topological polar surface area (TPSA) is 197 Å². The Kier molecular flexibility index (Phi) is 50.2. The van der Waals surface area contributed by atoms with E-state index in [0.717, 1.165) is 90.8 Å². The Labute approximate surface area is 588 Å². The van der Waals surface area contributed by atoms with Gasteiger partial charge in [-0.3, -0.25) is 32.8 Å². The molecule has 0 aliphatic carbocycles. The van der Waals surface area contributed by atoms with Gasteiger partial charge in [-0.2, -0.15) is 29.9 Å². The summed E-state index contributed by atoms with van der Waals surface area (Å²) in [6.07, 6.45) is 8.11. The predicted molar refractivity (Wildman–Crippen MR) is 389 cm³/mol. The fourth-order valence-electron chi connectivity index (χ4n) is 7.04. The maximum atomic E-state index is 12.5. The third-order valence-corrected chi connectivity index (χ3v) is 16.6. The summed E-state index contributed by atoms with van der Waals surface area (Å²) in [6.45, 7) is 46.0. The van der Waals surface area contributed by atoms with Crippen molar-refractivity contribution in [2.24, 2.45) is 28.2 Å². The average molecular weight is 1530 g/mol. The van der Waals surface area contributed by atoms with Gasteiger partial charge < -0.3 is 4.52 Å². The zero-order valence-corrected chi connectivity index (χ0v) is 64.0. The van der Waals surface area contributed by atoms with Gasteiger partial charge in [-0.05, 0) is 188 Å². The third kappa shape index (κ3) is 34.9. The minimum Gasteiger partial charge on any atom is -0.361 e. The van der Waals surface area contributed by atoms with Crippen molar-refractivity contribution in [2.45, 2.75) is 194 Å². The van der Waals surface area contributed by atoms with E-state index in [4.69, 9.17) is 16.1 Å². The summed E-state index contributed by atoms with van der Waals surface area (Å²) >= 11 is 3.64. The molecular weight excluding hydrogens is 1420 g/mol. The first-order valence-corrected chi connectivity index (χ1v) is 33.0. The second kappa shape index (κ2) is 49.7. The average Bonchev–Trinajstić information content (AvgIpc) is 1.78. The molecule has 97 heavy (non-hydrogen) atoms. The van der Waals surface area contributed by atoms with Crippen LogP contribution in [0.4, 0.5) is 32.7 Å². The van der Waals surface area contributed by atoms with Crippen LogP contribution in [0.25, 0.3) is 0 Å². The van der Waals surface area contributed by atoms with E-state index in [1.54, 1.807) is 49.4 Å². The monoisotopic (exact) mass is 1520 g/mol. The van der Waals surface area contributed by atoms with Gasteiger partial charge in [-0.25, -0.2) is 32.8 Å². The molecule has 0 unspecified atom stereocenters. The molecule has 0 aromatic carbocycles. The molecule has 0 amide bonds. The number of alkyl halides is 3. The van der Waals surface area contributed by atoms with E-state index in [-0.39, 0.29) is 30.2 Å². The molecule has 0 bridgehead atoms. The second-order valence-electron chi connectivity index (χ2n) is 21.0. The number of hydrogen-bond donors (Lipinski definition) is 0. The summed E-state index contributed by atoms with van der Waals surface area (Å²) < 4.78 is 84.6. The van der Waals surface area contributed by atoms with Crippen LogP contribution in [0.3, 0.4) is 0 Å². The summed E-state index contributed by atoms with van der Waals surface area (Å²) in [7, 11) is 7.53. The molecule has 0 fully saturated rings. The van der Waals surface area contributed by atoms with Crippen molar-refractivity contribution in [3.63, 3.8) is 0 Å². The predicted octanol–water partition coefficient (Wildman–Crippen LogP) is 18.1. The Morgan fingerprint density at radius 1 is 0.536 bits per heavy atom. The molecule has 0 saturated heterocycles. The quantitative estimate of drug-likeness (QED) is 0.0901. The molecule has 10 aromatic rings. The summed E-state index contributed by atoms with van der Waals surface area (Å²) in [5.74, 6) is 2.88. The maximum absolute atomic E-state index is 12.5. The van der Waals surface area contributed by atoms with Gasteiger partial charge in [0.1, 0.15) is 12.1 Å². The van der Waals surface area contributed by atoms with Gasteiger partial charge in [-0.15, -0.1) is 16.4 Å². The van der Waals surface area contributed by atoms with E-state index in [2.05, 4.69) is 114 Å². The molecule has 10 rings (SSSR count). The molecule has 0 radical (unpaired) electrons. The van der Waals surface area contributed by atoms with Crippen molar-refractivity contribution >= 4 is 43.9 Å². The van der Waals surface area contributed by atoms with E-state index in [1.165, 1.54) is 59.5 Å². The van der Waals surface area contributed by atoms with Gasteiger partial charge in [0.15, 0.2) is 6.80 Å². The van der Waals surface area contributed by atoms with E-state index in [9.17, 15) is 23.3 Å². The number of aromatic nitrogens is 18. The third-order valence-electron chi connectivity index (χ3n) is 14.4. The number of hydrogen-bond acceptors (Lipinski definition) is 14. The molecular formula is C67H106ClF8IN18OS. The Balaban J connectivity index is -0.000000321. The van der Waals surface area contributed by atoms with Crippen LogP contribution in [0.2, 0.25) is 5.02 Å². The van der Waals surface area contributed by atoms with Crippen molar-refractivity contribution in [3.8, 4) is 9.85 Å². The zero-order chi connectivity index (χ0) is 71.7. The molecule has 30 heteroatoms. The van der Waals surface area contributed by atoms with Crippen LogP contribution >= 0.6 is 43.9 Å². The summed E-state index contributed by atoms with van der Waals surface area (Å²) in [5.41, 5.74) is 21.5. The van der Waals surface area contributed by atoms with Crippen molar-refractivity contribution < 1.29 is 37.2 Å². The van der Waals surface area contributed by atoms with Crippen molar-refractivity contribution in [2.75, 3.05) is 6.93 Å². The van der Waals surface area contributed by atoms with Crippen LogP contribution in [0.15, 0.2) is 41.8 Å². The first kappa shape index (κ1) is 98.0. The molecule has 0 aliphatic heterocycles. The normalized spacial score (nSPS) is 9.49. The van der Waals surface area contributed by atoms with Gasteiger partial charge in [0, 0.05) is 91.1 Å². The Bertz CT molecular complexity index is 3580. The maximum Gasteiger partial charge on any atom is 0.229 e. The van der Waals surface area contributed by atoms with Crippen LogP contribution in [0.5, 0.6) is 0 Å². The van der Waals surface area contributed by atoms with Crippen LogP contribution < -0.4 is 0 Å². The van der Waals surface area contributed by atoms with Crippen molar-refractivity contribution in [1.82, 2.24) is 88.8 Å². The first-order chi connectivity index (χ1) is 43.3. The van der Waals surface area contributed by atoms with E-state index in [0.29, 0.717) is 11.3 Å². The number of aryl methyl sites for hydroxylation is 19. The zero-order valence-electron chi connectivity index (χ0n) is 60.3. The second-order valence-corrected chi connectivity index (χ2v) is 24.5. The Morgan fingerprint density at radius 2 is 1.03 bits per heavy atom. The SMILES string of the molecule is C.C.CCn1ncc(C)c1C.Cc1c(F)nn(C)c1C.Cc1cc(C)n(C)n1.Cc1cncnc1C.Cc1cncnc1C#CI(F)F.Cc1nc(C)c(C)s1.Cc1nn(C)c(C)c1C.Cc1nn(C)c(C)c1Cl.Cc1nn(CF)c(C)c1C.Cc1noc(C)c1C.F.F.FCF. The van der Waals surface area contributed by atoms with Crippen molar-refractivity contribution in [1.29, 1.82) is 0 Å². The molecule has 546 valence electrons. The van der Waals surface area contributed by atoms with E-state index in [1.807, 2.05) is 162 Å². The van der Waals surface area contributed by atoms with E-state index >= 15 is 0 Å². The minimum absolute atomic E-state index is 0. The fourth-order valence-corrected chi connectivity index (χ4v) is 8.47. The van der Waals surface area contributed by atoms with Crippen LogP contribution in [-0.4, -0.2) is 95.7 Å². The molecule has 0 N–H and O–H groups in total. The molecule has 0 atom stereocenters. The van der Waals surface area contributed by atoms with Gasteiger partial charge in [-0.1, -0.05) is 31.6 Å². The number of thiazole rings is 1. The summed E-state index contributed by atoms with van der Waals surface area (Å²) in [5, 5.41) is 29.8. The van der Waals surface area contributed by atoms with Gasteiger partial charge in [0.05, 0.1) is 56.1 Å².